The van der Waals surface area contributed by atoms with Gasteiger partial charge in [-0.15, -0.1) is 0 Å². The van der Waals surface area contributed by atoms with Gasteiger partial charge in [0.1, 0.15) is 13.2 Å². The van der Waals surface area contributed by atoms with E-state index in [1.807, 2.05) is 21.1 Å². The van der Waals surface area contributed by atoms with Crippen LogP contribution in [0.5, 0.6) is 0 Å². The summed E-state index contributed by atoms with van der Waals surface area (Å²) in [5, 5.41) is 14.0. The zero-order chi connectivity index (χ0) is 44.3. The lowest BCUT2D eigenvalue weighted by molar-refractivity contribution is -0.870. The van der Waals surface area contributed by atoms with Crippen molar-refractivity contribution in [1.29, 1.82) is 0 Å². The van der Waals surface area contributed by atoms with Crippen LogP contribution in [0.3, 0.4) is 0 Å². The first-order valence-electron chi connectivity index (χ1n) is 26.4. The van der Waals surface area contributed by atoms with Crippen LogP contribution in [-0.4, -0.2) is 73.4 Å². The summed E-state index contributed by atoms with van der Waals surface area (Å²) in [7, 11) is 1.63. The summed E-state index contributed by atoms with van der Waals surface area (Å²) in [5.41, 5.74) is 0. The Hall–Kier alpha value is -0.500. The van der Waals surface area contributed by atoms with Gasteiger partial charge in [0.05, 0.1) is 39.9 Å². The number of rotatable bonds is 49. The molecule has 0 fully saturated rings. The molecule has 3 atom stereocenters. The van der Waals surface area contributed by atoms with E-state index < -0.39 is 20.0 Å². The first kappa shape index (κ1) is 59.5. The molecule has 9 heteroatoms. The lowest BCUT2D eigenvalue weighted by atomic mass is 10.0. The zero-order valence-corrected chi connectivity index (χ0v) is 41.9. The van der Waals surface area contributed by atoms with Crippen LogP contribution in [0.15, 0.2) is 0 Å². The summed E-state index contributed by atoms with van der Waals surface area (Å²) in [5.74, 6) is -0.145. The van der Waals surface area contributed by atoms with E-state index in [1.54, 1.807) is 0 Å². The number of amides is 1. The number of phosphoric acid groups is 1. The maximum absolute atomic E-state index is 12.8. The molecule has 0 saturated carbocycles. The van der Waals surface area contributed by atoms with Crippen molar-refractivity contribution in [3.8, 4) is 0 Å². The number of nitrogens with zero attached hydrogens (tertiary/aromatic N) is 1. The van der Waals surface area contributed by atoms with Gasteiger partial charge in [-0.1, -0.05) is 251 Å². The van der Waals surface area contributed by atoms with Crippen molar-refractivity contribution in [2.75, 3.05) is 40.9 Å². The topological polar surface area (TPSA) is 105 Å². The van der Waals surface area contributed by atoms with Crippen LogP contribution in [0.25, 0.3) is 0 Å². The summed E-state index contributed by atoms with van der Waals surface area (Å²) < 4.78 is 23.6. The Balaban J connectivity index is 3.92. The number of hydrogen-bond donors (Lipinski definition) is 3. The summed E-state index contributed by atoms with van der Waals surface area (Å²) in [6.45, 7) is 4.89. The highest BCUT2D eigenvalue weighted by molar-refractivity contribution is 7.47. The first-order chi connectivity index (χ1) is 29.0. The molecule has 0 aliphatic heterocycles. The van der Waals surface area contributed by atoms with Gasteiger partial charge in [-0.3, -0.25) is 13.8 Å². The Bertz CT molecular complexity index is 947. The van der Waals surface area contributed by atoms with Gasteiger partial charge in [-0.25, -0.2) is 4.57 Å². The second-order valence-electron chi connectivity index (χ2n) is 19.6. The number of nitrogens with one attached hydrogen (secondary N) is 1. The Morgan fingerprint density at radius 1 is 0.500 bits per heavy atom. The van der Waals surface area contributed by atoms with Crippen LogP contribution in [-0.2, 0) is 18.4 Å². The fourth-order valence-electron chi connectivity index (χ4n) is 8.17. The molecular weight excluding hydrogens is 768 g/mol. The second-order valence-corrected chi connectivity index (χ2v) is 21.1. The largest absolute Gasteiger partial charge is 0.472 e. The highest BCUT2D eigenvalue weighted by Gasteiger charge is 2.28. The van der Waals surface area contributed by atoms with E-state index in [9.17, 15) is 19.4 Å². The number of likely N-dealkylation sites (N-methyl/N-ethyl adjacent to an activating group) is 1. The van der Waals surface area contributed by atoms with Gasteiger partial charge in [0.25, 0.3) is 0 Å². The molecule has 0 aliphatic rings. The minimum atomic E-state index is -4.30. The zero-order valence-electron chi connectivity index (χ0n) is 41.0. The number of aliphatic hydroxyl groups excluding tert-OH is 1. The maximum Gasteiger partial charge on any atom is 0.472 e. The number of carbonyl (C=O) groups is 1. The molecule has 0 aromatic rings. The molecule has 0 aliphatic carbocycles. The monoisotopic (exact) mass is 874 g/mol. The predicted octanol–water partition coefficient (Wildman–Crippen LogP) is 15.3. The molecule has 0 aromatic heterocycles. The van der Waals surface area contributed by atoms with Gasteiger partial charge in [-0.05, 0) is 12.8 Å². The van der Waals surface area contributed by atoms with Crippen LogP contribution in [0.4, 0.5) is 0 Å². The molecule has 60 heavy (non-hydrogen) atoms. The SMILES string of the molecule is CCCCCCCCCCCCCCCCCCCCCCCCCCCCCCCCC(O)C(COP(=O)(O)OCC[N+](C)(C)C)NC(=O)CCCCCCCCCC. The molecule has 0 spiro atoms. The molecule has 3 unspecified atom stereocenters. The van der Waals surface area contributed by atoms with Crippen molar-refractivity contribution in [2.45, 2.75) is 283 Å². The molecule has 0 rings (SSSR count). The van der Waals surface area contributed by atoms with Crippen molar-refractivity contribution in [3.63, 3.8) is 0 Å². The Labute approximate surface area is 374 Å². The number of phosphoric ester groups is 1. The van der Waals surface area contributed by atoms with Crippen LogP contribution in [0.1, 0.15) is 271 Å². The summed E-state index contributed by atoms with van der Waals surface area (Å²) in [6, 6.07) is -0.752. The molecule has 8 nitrogen and oxygen atoms in total. The Morgan fingerprint density at radius 3 is 1.12 bits per heavy atom. The van der Waals surface area contributed by atoms with Crippen molar-refractivity contribution in [3.05, 3.63) is 0 Å². The van der Waals surface area contributed by atoms with Crippen molar-refractivity contribution < 1.29 is 32.9 Å². The predicted molar refractivity (Wildman–Crippen MR) is 259 cm³/mol. The molecule has 360 valence electrons. The normalized spacial score (nSPS) is 14.1. The Kier molecular flexibility index (Phi) is 43.4. The first-order valence-corrected chi connectivity index (χ1v) is 27.9. The number of carbonyl (C=O) groups excluding carboxylic acids is 1. The van der Waals surface area contributed by atoms with Crippen molar-refractivity contribution in [2.24, 2.45) is 0 Å². The minimum absolute atomic E-state index is 0.0783. The molecule has 0 heterocycles. The van der Waals surface area contributed by atoms with Gasteiger partial charge in [-0.2, -0.15) is 0 Å². The van der Waals surface area contributed by atoms with Gasteiger partial charge >= 0.3 is 7.82 Å². The number of hydrogen-bond acceptors (Lipinski definition) is 5. The molecule has 0 saturated heterocycles. The van der Waals surface area contributed by atoms with Crippen LogP contribution in [0.2, 0.25) is 0 Å². The summed E-state index contributed by atoms with van der Waals surface area (Å²) in [6.07, 6.45) is 50.4. The third-order valence-electron chi connectivity index (χ3n) is 12.4. The summed E-state index contributed by atoms with van der Waals surface area (Å²) >= 11 is 0. The van der Waals surface area contributed by atoms with E-state index >= 15 is 0 Å². The smallest absolute Gasteiger partial charge is 0.391 e. The average molecular weight is 874 g/mol. The van der Waals surface area contributed by atoms with E-state index in [1.165, 1.54) is 205 Å². The van der Waals surface area contributed by atoms with E-state index in [4.69, 9.17) is 9.05 Å². The molecule has 0 radical (unpaired) electrons. The van der Waals surface area contributed by atoms with Crippen molar-refractivity contribution >= 4 is 13.7 Å². The van der Waals surface area contributed by atoms with Crippen LogP contribution >= 0.6 is 7.82 Å². The molecule has 0 aromatic carbocycles. The van der Waals surface area contributed by atoms with Crippen LogP contribution in [0, 0.1) is 0 Å². The van der Waals surface area contributed by atoms with Gasteiger partial charge < -0.3 is 19.8 Å². The fourth-order valence-corrected chi connectivity index (χ4v) is 8.90. The lowest BCUT2D eigenvalue weighted by Crippen LogP contribution is -2.46. The van der Waals surface area contributed by atoms with Gasteiger partial charge in [0.2, 0.25) is 5.91 Å². The average Bonchev–Trinajstić information content (AvgIpc) is 3.20. The maximum atomic E-state index is 12.8. The van der Waals surface area contributed by atoms with Crippen LogP contribution < -0.4 is 5.32 Å². The Morgan fingerprint density at radius 2 is 0.800 bits per heavy atom. The van der Waals surface area contributed by atoms with Gasteiger partial charge in [0, 0.05) is 6.42 Å². The van der Waals surface area contributed by atoms with Gasteiger partial charge in [0.15, 0.2) is 0 Å². The molecule has 3 N–H and O–H groups in total. The number of aliphatic hydroxyl groups is 1. The van der Waals surface area contributed by atoms with E-state index in [0.29, 0.717) is 23.9 Å². The number of quaternary nitrogens is 1. The molecular formula is C51H106N2O6P+. The van der Waals surface area contributed by atoms with E-state index in [0.717, 1.165) is 38.5 Å². The fraction of sp³-hybridized carbons (Fsp3) is 0.980. The third kappa shape index (κ3) is 45.5. The minimum Gasteiger partial charge on any atom is -0.391 e. The third-order valence-corrected chi connectivity index (χ3v) is 13.3. The second kappa shape index (κ2) is 43.7. The molecule has 1 amide bonds. The standard InChI is InChI=1S/C51H105N2O6P/c1-6-8-10-12-14-16-17-18-19-20-21-22-23-24-25-26-27-28-29-30-31-32-33-34-35-36-37-38-40-42-44-50(54)49(48-59-60(56,57)58-47-46-53(3,4)5)52-51(55)45-43-41-39-15-13-11-9-7-2/h49-50,54H,6-48H2,1-5H3,(H-,52,55,56,57)/p+1. The highest BCUT2D eigenvalue weighted by atomic mass is 31.2. The quantitative estimate of drug-likeness (QED) is 0.0319. The molecule has 0 bridgehead atoms. The summed E-state index contributed by atoms with van der Waals surface area (Å²) in [4.78, 5) is 23.1. The van der Waals surface area contributed by atoms with E-state index in [2.05, 4.69) is 19.2 Å². The number of unbranched alkanes of at least 4 members (excludes halogenated alkanes) is 36. The van der Waals surface area contributed by atoms with Crippen molar-refractivity contribution in [1.82, 2.24) is 5.32 Å². The highest BCUT2D eigenvalue weighted by Crippen LogP contribution is 2.43. The van der Waals surface area contributed by atoms with E-state index in [-0.39, 0.29) is 19.1 Å². The lowest BCUT2D eigenvalue weighted by Gasteiger charge is -2.26.